The Labute approximate surface area is 111 Å². The molecule has 0 heterocycles. The second-order valence-corrected chi connectivity index (χ2v) is 6.25. The van der Waals surface area contributed by atoms with Gasteiger partial charge in [0.15, 0.2) is 0 Å². The lowest BCUT2D eigenvalue weighted by molar-refractivity contribution is -0.127. The van der Waals surface area contributed by atoms with Crippen LogP contribution in [0, 0.1) is 17.8 Å². The molecule has 1 amide bonds. The van der Waals surface area contributed by atoms with Crippen molar-refractivity contribution in [3.05, 3.63) is 0 Å². The monoisotopic (exact) mass is 252 g/mol. The van der Waals surface area contributed by atoms with Gasteiger partial charge in [0.05, 0.1) is 0 Å². The molecule has 0 aromatic heterocycles. The Bertz CT molecular complexity index is 280. The Morgan fingerprint density at radius 1 is 1.17 bits per heavy atom. The third-order valence-electron chi connectivity index (χ3n) is 4.99. The molecule has 0 aliphatic heterocycles. The van der Waals surface area contributed by atoms with Gasteiger partial charge < -0.3 is 10.6 Å². The van der Waals surface area contributed by atoms with Gasteiger partial charge in [-0.15, -0.1) is 0 Å². The maximum absolute atomic E-state index is 12.2. The van der Waals surface area contributed by atoms with Crippen molar-refractivity contribution in [2.75, 3.05) is 13.6 Å². The van der Waals surface area contributed by atoms with Crippen molar-refractivity contribution in [3.63, 3.8) is 0 Å². The molecule has 2 aliphatic rings. The van der Waals surface area contributed by atoms with Gasteiger partial charge >= 0.3 is 0 Å². The van der Waals surface area contributed by atoms with Crippen molar-refractivity contribution in [2.45, 2.75) is 57.9 Å². The van der Waals surface area contributed by atoms with Gasteiger partial charge in [0.1, 0.15) is 0 Å². The van der Waals surface area contributed by atoms with E-state index in [1.54, 1.807) is 0 Å². The van der Waals surface area contributed by atoms with Crippen LogP contribution in [0.1, 0.15) is 51.9 Å². The lowest BCUT2D eigenvalue weighted by Crippen LogP contribution is -2.42. The van der Waals surface area contributed by atoms with E-state index in [2.05, 4.69) is 17.6 Å². The first kappa shape index (κ1) is 13.9. The average molecular weight is 252 g/mol. The van der Waals surface area contributed by atoms with Gasteiger partial charge in [-0.25, -0.2) is 0 Å². The van der Waals surface area contributed by atoms with E-state index in [1.165, 1.54) is 32.1 Å². The Hall–Kier alpha value is -0.570. The molecular weight excluding hydrogens is 224 g/mol. The standard InChI is InChI=1S/C15H28N2O/c1-11(16-2)10-17-15(18)14-8-7-12-5-3-4-6-13(12)9-14/h11-14,16H,3-10H2,1-2H3,(H,17,18). The summed E-state index contributed by atoms with van der Waals surface area (Å²) < 4.78 is 0. The van der Waals surface area contributed by atoms with E-state index in [1.807, 2.05) is 7.05 Å². The van der Waals surface area contributed by atoms with Gasteiger partial charge in [-0.05, 0) is 45.1 Å². The minimum atomic E-state index is 0.286. The fourth-order valence-corrected chi connectivity index (χ4v) is 3.61. The summed E-state index contributed by atoms with van der Waals surface area (Å²) in [5.74, 6) is 2.35. The summed E-state index contributed by atoms with van der Waals surface area (Å²) >= 11 is 0. The fourth-order valence-electron chi connectivity index (χ4n) is 3.61. The molecule has 4 unspecified atom stereocenters. The van der Waals surface area contributed by atoms with E-state index in [4.69, 9.17) is 0 Å². The molecule has 0 bridgehead atoms. The number of likely N-dealkylation sites (N-methyl/N-ethyl adjacent to an activating group) is 1. The van der Waals surface area contributed by atoms with Crippen LogP contribution in [0.5, 0.6) is 0 Å². The van der Waals surface area contributed by atoms with Gasteiger partial charge in [0.2, 0.25) is 5.91 Å². The topological polar surface area (TPSA) is 41.1 Å². The minimum absolute atomic E-state index is 0.286. The molecule has 0 spiro atoms. The van der Waals surface area contributed by atoms with Crippen LogP contribution in [0.2, 0.25) is 0 Å². The summed E-state index contributed by atoms with van der Waals surface area (Å²) in [4.78, 5) is 12.2. The maximum atomic E-state index is 12.2. The summed E-state index contributed by atoms with van der Waals surface area (Å²) in [6, 6.07) is 0.361. The summed E-state index contributed by atoms with van der Waals surface area (Å²) in [7, 11) is 1.93. The number of carbonyl (C=O) groups excluding carboxylic acids is 1. The molecule has 2 rings (SSSR count). The van der Waals surface area contributed by atoms with Gasteiger partial charge in [0, 0.05) is 18.5 Å². The van der Waals surface area contributed by atoms with E-state index < -0.39 is 0 Å². The highest BCUT2D eigenvalue weighted by atomic mass is 16.1. The zero-order valence-corrected chi connectivity index (χ0v) is 11.9. The molecule has 0 aromatic rings. The second kappa shape index (κ2) is 6.55. The van der Waals surface area contributed by atoms with Crippen molar-refractivity contribution in [1.29, 1.82) is 0 Å². The number of rotatable bonds is 4. The molecule has 2 N–H and O–H groups in total. The zero-order chi connectivity index (χ0) is 13.0. The first-order valence-corrected chi connectivity index (χ1v) is 7.65. The highest BCUT2D eigenvalue weighted by molar-refractivity contribution is 5.78. The molecular formula is C15H28N2O. The zero-order valence-electron chi connectivity index (χ0n) is 11.9. The van der Waals surface area contributed by atoms with Gasteiger partial charge in [0.25, 0.3) is 0 Å². The molecule has 104 valence electrons. The highest BCUT2D eigenvalue weighted by Crippen LogP contribution is 2.42. The number of carbonyl (C=O) groups is 1. The van der Waals surface area contributed by atoms with Gasteiger partial charge in [-0.1, -0.05) is 25.7 Å². The Morgan fingerprint density at radius 3 is 2.61 bits per heavy atom. The number of hydrogen-bond donors (Lipinski definition) is 2. The third kappa shape index (κ3) is 3.47. The molecule has 4 atom stereocenters. The average Bonchev–Trinajstić information content (AvgIpc) is 2.43. The number of nitrogens with one attached hydrogen (secondary N) is 2. The molecule has 0 aromatic carbocycles. The fraction of sp³-hybridized carbons (Fsp3) is 0.933. The quantitative estimate of drug-likeness (QED) is 0.806. The smallest absolute Gasteiger partial charge is 0.223 e. The first-order valence-electron chi connectivity index (χ1n) is 7.65. The van der Waals surface area contributed by atoms with E-state index in [-0.39, 0.29) is 5.92 Å². The number of fused-ring (bicyclic) bond motifs is 1. The predicted octanol–water partition coefficient (Wildman–Crippen LogP) is 2.32. The summed E-state index contributed by atoms with van der Waals surface area (Å²) in [5.41, 5.74) is 0. The van der Waals surface area contributed by atoms with Gasteiger partial charge in [-0.3, -0.25) is 4.79 Å². The van der Waals surface area contributed by atoms with E-state index >= 15 is 0 Å². The van der Waals surface area contributed by atoms with Crippen molar-refractivity contribution in [1.82, 2.24) is 10.6 Å². The summed E-state index contributed by atoms with van der Waals surface area (Å²) in [5, 5.41) is 6.25. The second-order valence-electron chi connectivity index (χ2n) is 6.25. The molecule has 2 fully saturated rings. The SMILES string of the molecule is CNC(C)CNC(=O)C1CCC2CCCCC2C1. The lowest BCUT2D eigenvalue weighted by Gasteiger charge is -2.38. The van der Waals surface area contributed by atoms with Crippen LogP contribution in [0.4, 0.5) is 0 Å². The van der Waals surface area contributed by atoms with Crippen LogP contribution >= 0.6 is 0 Å². The van der Waals surface area contributed by atoms with E-state index in [9.17, 15) is 4.79 Å². The molecule has 3 heteroatoms. The van der Waals surface area contributed by atoms with E-state index in [0.717, 1.165) is 31.2 Å². The molecule has 0 radical (unpaired) electrons. The number of hydrogen-bond acceptors (Lipinski definition) is 2. The molecule has 2 aliphatic carbocycles. The predicted molar refractivity (Wildman–Crippen MR) is 74.3 cm³/mol. The Kier molecular flexibility index (Phi) is 5.04. The lowest BCUT2D eigenvalue weighted by atomic mass is 9.67. The van der Waals surface area contributed by atoms with Gasteiger partial charge in [-0.2, -0.15) is 0 Å². The molecule has 18 heavy (non-hydrogen) atoms. The maximum Gasteiger partial charge on any atom is 0.223 e. The van der Waals surface area contributed by atoms with Crippen molar-refractivity contribution < 1.29 is 4.79 Å². The Balaban J connectivity index is 1.77. The van der Waals surface area contributed by atoms with Crippen molar-refractivity contribution in [2.24, 2.45) is 17.8 Å². The largest absolute Gasteiger partial charge is 0.354 e. The summed E-state index contributed by atoms with van der Waals surface area (Å²) in [6.07, 6.45) is 9.11. The van der Waals surface area contributed by atoms with Crippen LogP contribution < -0.4 is 10.6 Å². The summed E-state index contributed by atoms with van der Waals surface area (Å²) in [6.45, 7) is 2.85. The van der Waals surface area contributed by atoms with Crippen LogP contribution in [-0.4, -0.2) is 25.5 Å². The third-order valence-corrected chi connectivity index (χ3v) is 4.99. The van der Waals surface area contributed by atoms with Crippen LogP contribution in [0.15, 0.2) is 0 Å². The van der Waals surface area contributed by atoms with Crippen LogP contribution in [0.25, 0.3) is 0 Å². The first-order chi connectivity index (χ1) is 8.70. The van der Waals surface area contributed by atoms with E-state index in [0.29, 0.717) is 11.9 Å². The van der Waals surface area contributed by atoms with Crippen LogP contribution in [0.3, 0.4) is 0 Å². The van der Waals surface area contributed by atoms with Crippen LogP contribution in [-0.2, 0) is 4.79 Å². The molecule has 2 saturated carbocycles. The van der Waals surface area contributed by atoms with Crippen molar-refractivity contribution in [3.8, 4) is 0 Å². The Morgan fingerprint density at radius 2 is 1.89 bits per heavy atom. The highest BCUT2D eigenvalue weighted by Gasteiger charge is 2.34. The normalized spacial score (nSPS) is 33.6. The number of amides is 1. The van der Waals surface area contributed by atoms with Crippen molar-refractivity contribution >= 4 is 5.91 Å². The molecule has 3 nitrogen and oxygen atoms in total. The molecule has 0 saturated heterocycles. The minimum Gasteiger partial charge on any atom is -0.354 e.